The van der Waals surface area contributed by atoms with E-state index >= 15 is 0 Å². The standard InChI is InChI=1S/C25H20Cl2FN3O3S/c26-18-6-10-22(11-7-18)35(32,33)24-25(34-23(29-24)17-4-8-20(28)9-5-17)31-14-12-30(13-15-31)21-3-1-2-19(27)16-21/h1-11,16H,12-15H2. The van der Waals surface area contributed by atoms with Crippen molar-refractivity contribution in [3.8, 4) is 11.5 Å². The first-order chi connectivity index (χ1) is 16.8. The van der Waals surface area contributed by atoms with Crippen molar-refractivity contribution in [2.75, 3.05) is 36.0 Å². The normalized spacial score (nSPS) is 14.4. The minimum absolute atomic E-state index is 0.0552. The first-order valence-electron chi connectivity index (χ1n) is 10.8. The molecule has 0 amide bonds. The number of rotatable bonds is 5. The molecule has 0 unspecified atom stereocenters. The zero-order valence-corrected chi connectivity index (χ0v) is 20.7. The van der Waals surface area contributed by atoms with Crippen LogP contribution in [0.1, 0.15) is 0 Å². The summed E-state index contributed by atoms with van der Waals surface area (Å²) < 4.78 is 46.6. The van der Waals surface area contributed by atoms with Gasteiger partial charge in [0.1, 0.15) is 5.82 Å². The average molecular weight is 532 g/mol. The molecule has 0 aliphatic carbocycles. The van der Waals surface area contributed by atoms with Gasteiger partial charge in [-0.1, -0.05) is 29.3 Å². The Hall–Kier alpha value is -3.07. The second-order valence-electron chi connectivity index (χ2n) is 8.05. The molecule has 2 heterocycles. The van der Waals surface area contributed by atoms with Gasteiger partial charge >= 0.3 is 0 Å². The Morgan fingerprint density at radius 2 is 1.49 bits per heavy atom. The molecule has 3 aromatic carbocycles. The summed E-state index contributed by atoms with van der Waals surface area (Å²) in [6.07, 6.45) is 0. The Morgan fingerprint density at radius 1 is 0.829 bits per heavy atom. The van der Waals surface area contributed by atoms with Crippen LogP contribution in [0.25, 0.3) is 11.5 Å². The van der Waals surface area contributed by atoms with Gasteiger partial charge in [-0.25, -0.2) is 12.8 Å². The summed E-state index contributed by atoms with van der Waals surface area (Å²) in [6, 6.07) is 19.0. The summed E-state index contributed by atoms with van der Waals surface area (Å²) in [7, 11) is -4.01. The molecule has 1 aliphatic heterocycles. The molecule has 0 saturated carbocycles. The Bertz CT molecular complexity index is 1450. The zero-order valence-electron chi connectivity index (χ0n) is 18.4. The second-order valence-corrected chi connectivity index (χ2v) is 10.8. The molecular formula is C25H20Cl2FN3O3S. The molecule has 1 fully saturated rings. The Labute approximate surface area is 212 Å². The molecule has 0 radical (unpaired) electrons. The van der Waals surface area contributed by atoms with E-state index in [9.17, 15) is 12.8 Å². The molecule has 1 saturated heterocycles. The summed E-state index contributed by atoms with van der Waals surface area (Å²) in [4.78, 5) is 8.46. The fourth-order valence-corrected chi connectivity index (χ4v) is 5.59. The van der Waals surface area contributed by atoms with Gasteiger partial charge in [0.2, 0.25) is 26.6 Å². The molecule has 1 aliphatic rings. The topological polar surface area (TPSA) is 66.7 Å². The van der Waals surface area contributed by atoms with Gasteiger partial charge in [0.05, 0.1) is 4.90 Å². The number of hydrogen-bond donors (Lipinski definition) is 0. The molecule has 1 aromatic heterocycles. The maximum Gasteiger partial charge on any atom is 0.236 e. The van der Waals surface area contributed by atoms with E-state index in [0.29, 0.717) is 41.8 Å². The maximum atomic E-state index is 13.6. The number of hydrogen-bond acceptors (Lipinski definition) is 6. The molecule has 0 spiro atoms. The Balaban J connectivity index is 1.51. The predicted molar refractivity (Wildman–Crippen MR) is 135 cm³/mol. The Kier molecular flexibility index (Phi) is 6.44. The third kappa shape index (κ3) is 4.87. The van der Waals surface area contributed by atoms with Gasteiger partial charge in [0, 0.05) is 47.5 Å². The summed E-state index contributed by atoms with van der Waals surface area (Å²) in [5, 5.41) is 0.893. The molecule has 0 atom stereocenters. The van der Waals surface area contributed by atoms with Crippen LogP contribution in [0.4, 0.5) is 16.0 Å². The van der Waals surface area contributed by atoms with E-state index in [2.05, 4.69) is 9.88 Å². The molecule has 35 heavy (non-hydrogen) atoms. The van der Waals surface area contributed by atoms with Crippen LogP contribution in [0.5, 0.6) is 0 Å². The largest absolute Gasteiger partial charge is 0.419 e. The molecule has 10 heteroatoms. The van der Waals surface area contributed by atoms with Crippen LogP contribution in [-0.4, -0.2) is 39.6 Å². The van der Waals surface area contributed by atoms with Crippen molar-refractivity contribution in [2.45, 2.75) is 9.92 Å². The minimum Gasteiger partial charge on any atom is -0.419 e. The lowest BCUT2D eigenvalue weighted by atomic mass is 10.2. The monoisotopic (exact) mass is 531 g/mol. The number of aromatic nitrogens is 1. The molecule has 6 nitrogen and oxygen atoms in total. The van der Waals surface area contributed by atoms with Crippen LogP contribution in [-0.2, 0) is 9.84 Å². The number of anilines is 2. The smallest absolute Gasteiger partial charge is 0.236 e. The summed E-state index contributed by atoms with van der Waals surface area (Å²) in [5.74, 6) is -0.151. The van der Waals surface area contributed by atoms with Crippen molar-refractivity contribution >= 4 is 44.6 Å². The second kappa shape index (κ2) is 9.53. The minimum atomic E-state index is -4.01. The Morgan fingerprint density at radius 3 is 2.14 bits per heavy atom. The first kappa shape index (κ1) is 23.7. The van der Waals surface area contributed by atoms with Crippen molar-refractivity contribution in [2.24, 2.45) is 0 Å². The third-order valence-corrected chi connectivity index (χ3v) is 7.94. The van der Waals surface area contributed by atoms with Crippen LogP contribution in [0.3, 0.4) is 0 Å². The fourth-order valence-electron chi connectivity index (χ4n) is 3.95. The molecule has 4 aromatic rings. The lowest BCUT2D eigenvalue weighted by molar-refractivity contribution is 0.525. The van der Waals surface area contributed by atoms with E-state index in [0.717, 1.165) is 5.69 Å². The zero-order chi connectivity index (χ0) is 24.6. The highest BCUT2D eigenvalue weighted by Crippen LogP contribution is 2.36. The van der Waals surface area contributed by atoms with E-state index < -0.39 is 15.7 Å². The highest BCUT2D eigenvalue weighted by molar-refractivity contribution is 7.91. The number of nitrogens with zero attached hydrogens (tertiary/aromatic N) is 3. The number of piperazine rings is 1. The van der Waals surface area contributed by atoms with E-state index in [1.54, 1.807) is 0 Å². The van der Waals surface area contributed by atoms with Crippen molar-refractivity contribution in [3.05, 3.63) is 88.7 Å². The molecule has 5 rings (SSSR count). The van der Waals surface area contributed by atoms with Gasteiger partial charge in [0.15, 0.2) is 0 Å². The number of benzene rings is 3. The molecule has 0 N–H and O–H groups in total. The highest BCUT2D eigenvalue weighted by atomic mass is 35.5. The van der Waals surface area contributed by atoms with Crippen molar-refractivity contribution < 1.29 is 17.2 Å². The predicted octanol–water partition coefficient (Wildman–Crippen LogP) is 5.95. The van der Waals surface area contributed by atoms with Gasteiger partial charge in [0.25, 0.3) is 0 Å². The maximum absolute atomic E-state index is 13.6. The lowest BCUT2D eigenvalue weighted by Gasteiger charge is -2.36. The lowest BCUT2D eigenvalue weighted by Crippen LogP contribution is -2.46. The van der Waals surface area contributed by atoms with Gasteiger partial charge in [-0.05, 0) is 66.7 Å². The van der Waals surface area contributed by atoms with Crippen molar-refractivity contribution in [3.63, 3.8) is 0 Å². The SMILES string of the molecule is O=S(=O)(c1ccc(Cl)cc1)c1nc(-c2ccc(F)cc2)oc1N1CCN(c2cccc(Cl)c2)CC1. The van der Waals surface area contributed by atoms with Crippen LogP contribution < -0.4 is 9.80 Å². The number of halogens is 3. The third-order valence-electron chi connectivity index (χ3n) is 5.79. The highest BCUT2D eigenvalue weighted by Gasteiger charge is 2.33. The number of oxazole rings is 1. The quantitative estimate of drug-likeness (QED) is 0.317. The molecule has 0 bridgehead atoms. The van der Waals surface area contributed by atoms with Crippen molar-refractivity contribution in [1.82, 2.24) is 4.98 Å². The summed E-state index contributed by atoms with van der Waals surface area (Å²) in [6.45, 7) is 2.28. The fraction of sp³-hybridized carbons (Fsp3) is 0.160. The van der Waals surface area contributed by atoms with Crippen LogP contribution in [0.2, 0.25) is 10.0 Å². The molecule has 180 valence electrons. The molecular weight excluding hydrogens is 512 g/mol. The summed E-state index contributed by atoms with van der Waals surface area (Å²) in [5.41, 5.74) is 1.47. The van der Waals surface area contributed by atoms with Gasteiger partial charge in [-0.2, -0.15) is 4.98 Å². The van der Waals surface area contributed by atoms with E-state index in [1.165, 1.54) is 48.5 Å². The summed E-state index contributed by atoms with van der Waals surface area (Å²) >= 11 is 12.1. The van der Waals surface area contributed by atoms with Gasteiger partial charge in [-0.15, -0.1) is 0 Å². The first-order valence-corrected chi connectivity index (χ1v) is 13.1. The number of sulfone groups is 1. The van der Waals surface area contributed by atoms with E-state index in [-0.39, 0.29) is 21.7 Å². The van der Waals surface area contributed by atoms with E-state index in [4.69, 9.17) is 27.6 Å². The van der Waals surface area contributed by atoms with Crippen molar-refractivity contribution in [1.29, 1.82) is 0 Å². The van der Waals surface area contributed by atoms with Gasteiger partial charge < -0.3 is 14.2 Å². The van der Waals surface area contributed by atoms with Crippen LogP contribution in [0.15, 0.2) is 87.1 Å². The average Bonchev–Trinajstić information content (AvgIpc) is 3.31. The van der Waals surface area contributed by atoms with Crippen LogP contribution in [0, 0.1) is 5.82 Å². The van der Waals surface area contributed by atoms with E-state index in [1.807, 2.05) is 29.2 Å². The van der Waals surface area contributed by atoms with Gasteiger partial charge in [-0.3, -0.25) is 0 Å². The van der Waals surface area contributed by atoms with Crippen LogP contribution >= 0.6 is 23.2 Å².